The van der Waals surface area contributed by atoms with Crippen molar-refractivity contribution < 1.29 is 9.59 Å². The summed E-state index contributed by atoms with van der Waals surface area (Å²) >= 11 is 0. The summed E-state index contributed by atoms with van der Waals surface area (Å²) in [6.45, 7) is 1.43. The van der Waals surface area contributed by atoms with Crippen LogP contribution in [-0.2, 0) is 9.59 Å². The number of carbonyl (C=O) groups excluding carboxylic acids is 2. The van der Waals surface area contributed by atoms with E-state index in [2.05, 4.69) is 10.6 Å². The summed E-state index contributed by atoms with van der Waals surface area (Å²) in [7, 11) is 0. The minimum Gasteiger partial charge on any atom is -0.350 e. The zero-order valence-corrected chi connectivity index (χ0v) is 9.08. The van der Waals surface area contributed by atoms with Crippen LogP contribution in [0, 0.1) is 0 Å². The molecule has 0 heterocycles. The summed E-state index contributed by atoms with van der Waals surface area (Å²) in [5.41, 5.74) is 5.88. The molecule has 5 heteroatoms. The van der Waals surface area contributed by atoms with Crippen molar-refractivity contribution in [3.05, 3.63) is 0 Å². The van der Waals surface area contributed by atoms with Gasteiger partial charge in [0.25, 0.3) is 0 Å². The van der Waals surface area contributed by atoms with Crippen molar-refractivity contribution in [1.29, 1.82) is 0 Å². The summed E-state index contributed by atoms with van der Waals surface area (Å²) in [4.78, 5) is 22.0. The summed E-state index contributed by atoms with van der Waals surface area (Å²) in [5, 5.41) is 5.30. The van der Waals surface area contributed by atoms with Crippen LogP contribution < -0.4 is 16.4 Å². The van der Waals surface area contributed by atoms with Gasteiger partial charge in [-0.3, -0.25) is 9.59 Å². The lowest BCUT2D eigenvalue weighted by Gasteiger charge is -2.29. The molecule has 2 atom stereocenters. The van der Waals surface area contributed by atoms with Crippen LogP contribution >= 0.6 is 0 Å². The predicted molar refractivity (Wildman–Crippen MR) is 57.1 cm³/mol. The van der Waals surface area contributed by atoms with Crippen molar-refractivity contribution in [3.8, 4) is 0 Å². The Hall–Kier alpha value is -1.10. The number of rotatable bonds is 3. The smallest absolute Gasteiger partial charge is 0.239 e. The first-order chi connectivity index (χ1) is 7.09. The lowest BCUT2D eigenvalue weighted by atomic mass is 9.91. The van der Waals surface area contributed by atoms with Gasteiger partial charge in [-0.15, -0.1) is 0 Å². The Balaban J connectivity index is 2.26. The van der Waals surface area contributed by atoms with Crippen molar-refractivity contribution in [2.24, 2.45) is 5.73 Å². The van der Waals surface area contributed by atoms with Crippen molar-refractivity contribution >= 4 is 11.8 Å². The molecule has 0 radical (unpaired) electrons. The van der Waals surface area contributed by atoms with Crippen LogP contribution in [0.4, 0.5) is 0 Å². The highest BCUT2D eigenvalue weighted by atomic mass is 16.2. The van der Waals surface area contributed by atoms with Gasteiger partial charge < -0.3 is 16.4 Å². The second-order valence-electron chi connectivity index (χ2n) is 4.03. The number of nitrogens with one attached hydrogen (secondary N) is 2. The van der Waals surface area contributed by atoms with E-state index < -0.39 is 0 Å². The maximum Gasteiger partial charge on any atom is 0.239 e. The Morgan fingerprint density at radius 3 is 2.60 bits per heavy atom. The molecule has 1 fully saturated rings. The van der Waals surface area contributed by atoms with E-state index in [0.717, 1.165) is 25.7 Å². The zero-order valence-electron chi connectivity index (χ0n) is 9.08. The molecule has 0 aromatic rings. The van der Waals surface area contributed by atoms with Gasteiger partial charge in [-0.25, -0.2) is 0 Å². The molecule has 0 saturated heterocycles. The molecule has 86 valence electrons. The first-order valence-corrected chi connectivity index (χ1v) is 5.39. The normalized spacial score (nSPS) is 25.7. The van der Waals surface area contributed by atoms with Gasteiger partial charge in [-0.1, -0.05) is 12.8 Å². The van der Waals surface area contributed by atoms with E-state index in [1.54, 1.807) is 0 Å². The molecular weight excluding hydrogens is 194 g/mol. The van der Waals surface area contributed by atoms with Gasteiger partial charge in [0.2, 0.25) is 11.8 Å². The molecule has 1 aliphatic rings. The monoisotopic (exact) mass is 213 g/mol. The number of hydrogen-bond acceptors (Lipinski definition) is 3. The molecule has 2 amide bonds. The predicted octanol–water partition coefficient (Wildman–Crippen LogP) is -0.491. The van der Waals surface area contributed by atoms with Gasteiger partial charge in [0.15, 0.2) is 0 Å². The fourth-order valence-corrected chi connectivity index (χ4v) is 1.80. The number of carbonyl (C=O) groups is 2. The molecule has 1 saturated carbocycles. The number of hydrogen-bond donors (Lipinski definition) is 3. The fraction of sp³-hybridized carbons (Fsp3) is 0.800. The lowest BCUT2D eigenvalue weighted by Crippen LogP contribution is -2.51. The van der Waals surface area contributed by atoms with Crippen LogP contribution in [0.15, 0.2) is 0 Å². The van der Waals surface area contributed by atoms with Crippen LogP contribution in [-0.4, -0.2) is 30.4 Å². The minimum atomic E-state index is -0.196. The Labute approximate surface area is 89.8 Å². The standard InChI is InChI=1S/C10H19N3O2/c1-7(14)12-6-10(15)13-9-5-3-2-4-8(9)11/h8-9H,2-6,11H2,1H3,(H,12,14)(H,13,15)/t8-,9-/m1/s1. The first kappa shape index (κ1) is 12.0. The maximum atomic E-state index is 11.4. The van der Waals surface area contributed by atoms with E-state index >= 15 is 0 Å². The third-order valence-electron chi connectivity index (χ3n) is 2.66. The lowest BCUT2D eigenvalue weighted by molar-refractivity contribution is -0.125. The molecule has 0 aliphatic heterocycles. The first-order valence-electron chi connectivity index (χ1n) is 5.39. The Bertz CT molecular complexity index is 243. The van der Waals surface area contributed by atoms with Crippen molar-refractivity contribution in [3.63, 3.8) is 0 Å². The molecule has 4 N–H and O–H groups in total. The van der Waals surface area contributed by atoms with Crippen molar-refractivity contribution in [2.45, 2.75) is 44.7 Å². The molecule has 1 rings (SSSR count). The molecule has 0 bridgehead atoms. The Kier molecular flexibility index (Phi) is 4.55. The van der Waals surface area contributed by atoms with E-state index in [-0.39, 0.29) is 30.4 Å². The highest BCUT2D eigenvalue weighted by molar-refractivity contribution is 5.83. The van der Waals surface area contributed by atoms with Gasteiger partial charge in [0.05, 0.1) is 6.54 Å². The molecule has 0 aromatic heterocycles. The van der Waals surface area contributed by atoms with E-state index in [9.17, 15) is 9.59 Å². The summed E-state index contributed by atoms with van der Waals surface area (Å²) in [6, 6.07) is 0.125. The van der Waals surface area contributed by atoms with Gasteiger partial charge in [0.1, 0.15) is 0 Å². The van der Waals surface area contributed by atoms with Crippen LogP contribution in [0.1, 0.15) is 32.6 Å². The number of nitrogens with two attached hydrogens (primary N) is 1. The topological polar surface area (TPSA) is 84.2 Å². The van der Waals surface area contributed by atoms with Gasteiger partial charge in [-0.05, 0) is 12.8 Å². The second kappa shape index (κ2) is 5.70. The molecule has 5 nitrogen and oxygen atoms in total. The van der Waals surface area contributed by atoms with Crippen LogP contribution in [0.2, 0.25) is 0 Å². The summed E-state index contributed by atoms with van der Waals surface area (Å²) in [5.74, 6) is -0.356. The summed E-state index contributed by atoms with van der Waals surface area (Å²) < 4.78 is 0. The average molecular weight is 213 g/mol. The highest BCUT2D eigenvalue weighted by Crippen LogP contribution is 2.16. The molecule has 0 spiro atoms. The van der Waals surface area contributed by atoms with Gasteiger partial charge in [-0.2, -0.15) is 0 Å². The Morgan fingerprint density at radius 2 is 2.00 bits per heavy atom. The molecule has 0 aromatic carbocycles. The molecular formula is C10H19N3O2. The van der Waals surface area contributed by atoms with E-state index in [4.69, 9.17) is 5.73 Å². The molecule has 15 heavy (non-hydrogen) atoms. The third-order valence-corrected chi connectivity index (χ3v) is 2.66. The highest BCUT2D eigenvalue weighted by Gasteiger charge is 2.22. The van der Waals surface area contributed by atoms with Gasteiger partial charge in [0, 0.05) is 19.0 Å². The quantitative estimate of drug-likeness (QED) is 0.591. The number of amides is 2. The van der Waals surface area contributed by atoms with E-state index in [0.29, 0.717) is 0 Å². The van der Waals surface area contributed by atoms with Crippen LogP contribution in [0.3, 0.4) is 0 Å². The van der Waals surface area contributed by atoms with E-state index in [1.807, 2.05) is 0 Å². The zero-order chi connectivity index (χ0) is 11.3. The fourth-order valence-electron chi connectivity index (χ4n) is 1.80. The molecule has 0 unspecified atom stereocenters. The SMILES string of the molecule is CC(=O)NCC(=O)N[C@@H]1CCCC[C@H]1N. The van der Waals surface area contributed by atoms with Crippen LogP contribution in [0.25, 0.3) is 0 Å². The third kappa shape index (κ3) is 4.29. The average Bonchev–Trinajstić information content (AvgIpc) is 2.18. The molecule has 1 aliphatic carbocycles. The van der Waals surface area contributed by atoms with E-state index in [1.165, 1.54) is 6.92 Å². The van der Waals surface area contributed by atoms with Crippen molar-refractivity contribution in [2.75, 3.05) is 6.54 Å². The van der Waals surface area contributed by atoms with Crippen molar-refractivity contribution in [1.82, 2.24) is 10.6 Å². The maximum absolute atomic E-state index is 11.4. The minimum absolute atomic E-state index is 0.0402. The second-order valence-corrected chi connectivity index (χ2v) is 4.03. The van der Waals surface area contributed by atoms with Crippen LogP contribution in [0.5, 0.6) is 0 Å². The summed E-state index contributed by atoms with van der Waals surface area (Å²) in [6.07, 6.45) is 4.15. The Morgan fingerprint density at radius 1 is 1.33 bits per heavy atom. The largest absolute Gasteiger partial charge is 0.350 e. The van der Waals surface area contributed by atoms with Gasteiger partial charge >= 0.3 is 0 Å².